The van der Waals surface area contributed by atoms with E-state index in [2.05, 4.69) is 10.6 Å². The minimum Gasteiger partial charge on any atom is -0.467 e. The fourth-order valence-corrected chi connectivity index (χ4v) is 2.21. The Balaban J connectivity index is 2.42. The van der Waals surface area contributed by atoms with Crippen LogP contribution in [0.15, 0.2) is 24.3 Å². The molecule has 0 saturated carbocycles. The van der Waals surface area contributed by atoms with Gasteiger partial charge < -0.3 is 15.4 Å². The van der Waals surface area contributed by atoms with Crippen molar-refractivity contribution >= 4 is 29.4 Å². The van der Waals surface area contributed by atoms with E-state index in [1.165, 1.54) is 7.11 Å². The number of carbonyl (C=O) groups is 3. The lowest BCUT2D eigenvalue weighted by Gasteiger charge is -2.18. The summed E-state index contributed by atoms with van der Waals surface area (Å²) in [6.45, 7) is 4.08. The topological polar surface area (TPSA) is 84.5 Å². The number of benzene rings is 1. The van der Waals surface area contributed by atoms with Crippen molar-refractivity contribution in [3.63, 3.8) is 0 Å². The van der Waals surface area contributed by atoms with E-state index in [9.17, 15) is 14.4 Å². The number of hydrogen-bond donors (Lipinski definition) is 2. The molecule has 1 aromatic carbocycles. The number of halogens is 1. The Morgan fingerprint density at radius 1 is 1.17 bits per heavy atom. The molecule has 0 heterocycles. The second-order valence-electron chi connectivity index (χ2n) is 5.79. The van der Waals surface area contributed by atoms with Crippen LogP contribution in [-0.4, -0.2) is 37.5 Å². The Morgan fingerprint density at radius 3 is 2.33 bits per heavy atom. The third kappa shape index (κ3) is 7.00. The molecule has 0 aliphatic rings. The van der Waals surface area contributed by atoms with Gasteiger partial charge in [0, 0.05) is 23.6 Å². The summed E-state index contributed by atoms with van der Waals surface area (Å²) in [5, 5.41) is 5.83. The Labute approximate surface area is 146 Å². The Kier molecular flexibility index (Phi) is 8.26. The first-order valence-corrected chi connectivity index (χ1v) is 8.12. The highest BCUT2D eigenvalue weighted by Gasteiger charge is 2.22. The van der Waals surface area contributed by atoms with Crippen LogP contribution in [-0.2, 0) is 14.3 Å². The Bertz CT molecular complexity index is 572. The van der Waals surface area contributed by atoms with Gasteiger partial charge in [-0.25, -0.2) is 4.79 Å². The van der Waals surface area contributed by atoms with Crippen LogP contribution in [0.2, 0.25) is 5.02 Å². The molecule has 0 aromatic heterocycles. The lowest BCUT2D eigenvalue weighted by Crippen LogP contribution is -2.43. The van der Waals surface area contributed by atoms with Crippen LogP contribution in [0.4, 0.5) is 0 Å². The van der Waals surface area contributed by atoms with Crippen LogP contribution in [0.25, 0.3) is 0 Å². The fourth-order valence-electron chi connectivity index (χ4n) is 2.09. The summed E-state index contributed by atoms with van der Waals surface area (Å²) in [4.78, 5) is 35.5. The molecular weight excluding hydrogens is 332 g/mol. The van der Waals surface area contributed by atoms with E-state index < -0.39 is 12.0 Å². The number of rotatable bonds is 8. The smallest absolute Gasteiger partial charge is 0.328 e. The largest absolute Gasteiger partial charge is 0.467 e. The predicted molar refractivity (Wildman–Crippen MR) is 91.8 cm³/mol. The Morgan fingerprint density at radius 2 is 1.79 bits per heavy atom. The molecule has 0 bridgehead atoms. The molecule has 2 amide bonds. The molecule has 0 radical (unpaired) electrons. The predicted octanol–water partition coefficient (Wildman–Crippen LogP) is 2.16. The van der Waals surface area contributed by atoms with Crippen LogP contribution in [0.1, 0.15) is 37.0 Å². The lowest BCUT2D eigenvalue weighted by molar-refractivity contribution is -0.145. The molecule has 0 aliphatic carbocycles. The van der Waals surface area contributed by atoms with Crippen molar-refractivity contribution in [3.8, 4) is 0 Å². The standard InChI is InChI=1S/C17H23ClN2O4/c1-11(2)10-14(17(23)24-3)20-15(21)8-9-19-16(22)12-4-6-13(18)7-5-12/h4-7,11,14H,8-10H2,1-3H3,(H,19,22)(H,20,21)/t14-/m0/s1. The van der Waals surface area contributed by atoms with Crippen molar-refractivity contribution < 1.29 is 19.1 Å². The maximum Gasteiger partial charge on any atom is 0.328 e. The van der Waals surface area contributed by atoms with Gasteiger partial charge in [-0.05, 0) is 36.6 Å². The number of hydrogen-bond acceptors (Lipinski definition) is 4. The summed E-state index contributed by atoms with van der Waals surface area (Å²) in [6, 6.07) is 5.78. The van der Waals surface area contributed by atoms with E-state index >= 15 is 0 Å². The number of amides is 2. The van der Waals surface area contributed by atoms with Gasteiger partial charge in [-0.2, -0.15) is 0 Å². The lowest BCUT2D eigenvalue weighted by atomic mass is 10.0. The number of esters is 1. The van der Waals surface area contributed by atoms with E-state index in [1.54, 1.807) is 24.3 Å². The minimum atomic E-state index is -0.672. The first kappa shape index (κ1) is 20.0. The summed E-state index contributed by atoms with van der Waals surface area (Å²) in [7, 11) is 1.29. The highest BCUT2D eigenvalue weighted by molar-refractivity contribution is 6.30. The van der Waals surface area contributed by atoms with Crippen molar-refractivity contribution in [1.29, 1.82) is 0 Å². The zero-order chi connectivity index (χ0) is 18.1. The summed E-state index contributed by atoms with van der Waals surface area (Å²) >= 11 is 5.76. The van der Waals surface area contributed by atoms with Gasteiger partial charge in [-0.3, -0.25) is 9.59 Å². The average molecular weight is 355 g/mol. The quantitative estimate of drug-likeness (QED) is 0.701. The molecule has 0 spiro atoms. The van der Waals surface area contributed by atoms with Crippen LogP contribution in [0, 0.1) is 5.92 Å². The molecule has 0 aliphatic heterocycles. The van der Waals surface area contributed by atoms with Gasteiger partial charge in [-0.1, -0.05) is 25.4 Å². The van der Waals surface area contributed by atoms with Crippen LogP contribution >= 0.6 is 11.6 Å². The maximum atomic E-state index is 11.9. The van der Waals surface area contributed by atoms with Gasteiger partial charge in [0.05, 0.1) is 7.11 Å². The monoisotopic (exact) mass is 354 g/mol. The molecule has 24 heavy (non-hydrogen) atoms. The number of nitrogens with one attached hydrogen (secondary N) is 2. The molecule has 0 fully saturated rings. The zero-order valence-electron chi connectivity index (χ0n) is 14.1. The molecule has 1 aromatic rings. The maximum absolute atomic E-state index is 11.9. The molecule has 1 rings (SSSR count). The van der Waals surface area contributed by atoms with E-state index in [4.69, 9.17) is 16.3 Å². The van der Waals surface area contributed by atoms with Gasteiger partial charge >= 0.3 is 5.97 Å². The highest BCUT2D eigenvalue weighted by atomic mass is 35.5. The Hall–Kier alpha value is -2.08. The van der Waals surface area contributed by atoms with Gasteiger partial charge in [0.25, 0.3) is 5.91 Å². The normalized spacial score (nSPS) is 11.7. The fraction of sp³-hybridized carbons (Fsp3) is 0.471. The molecular formula is C17H23ClN2O4. The SMILES string of the molecule is COC(=O)[C@H](CC(C)C)NC(=O)CCNC(=O)c1ccc(Cl)cc1. The third-order valence-corrected chi connectivity index (χ3v) is 3.52. The van der Waals surface area contributed by atoms with Crippen molar-refractivity contribution in [2.45, 2.75) is 32.7 Å². The van der Waals surface area contributed by atoms with E-state index in [0.717, 1.165) is 0 Å². The van der Waals surface area contributed by atoms with Crippen molar-refractivity contribution in [2.24, 2.45) is 5.92 Å². The van der Waals surface area contributed by atoms with Crippen molar-refractivity contribution in [2.75, 3.05) is 13.7 Å². The highest BCUT2D eigenvalue weighted by Crippen LogP contribution is 2.09. The molecule has 7 heteroatoms. The zero-order valence-corrected chi connectivity index (χ0v) is 14.9. The van der Waals surface area contributed by atoms with Crippen molar-refractivity contribution in [1.82, 2.24) is 10.6 Å². The summed E-state index contributed by atoms with van der Waals surface area (Å²) in [5.41, 5.74) is 0.465. The summed E-state index contributed by atoms with van der Waals surface area (Å²) in [5.74, 6) is -0.838. The third-order valence-electron chi connectivity index (χ3n) is 3.27. The molecule has 2 N–H and O–H groups in total. The molecule has 132 valence electrons. The van der Waals surface area contributed by atoms with Crippen LogP contribution < -0.4 is 10.6 Å². The van der Waals surface area contributed by atoms with Crippen LogP contribution in [0.3, 0.4) is 0 Å². The van der Waals surface area contributed by atoms with Gasteiger partial charge in [-0.15, -0.1) is 0 Å². The molecule has 0 unspecified atom stereocenters. The van der Waals surface area contributed by atoms with Gasteiger partial charge in [0.1, 0.15) is 6.04 Å². The second kappa shape index (κ2) is 9.93. The molecule has 0 saturated heterocycles. The van der Waals surface area contributed by atoms with E-state index in [1.807, 2.05) is 13.8 Å². The van der Waals surface area contributed by atoms with E-state index in [-0.39, 0.29) is 30.7 Å². The molecule has 6 nitrogen and oxygen atoms in total. The average Bonchev–Trinajstić information content (AvgIpc) is 2.53. The summed E-state index contributed by atoms with van der Waals surface area (Å²) < 4.78 is 4.69. The molecule has 1 atom stereocenters. The van der Waals surface area contributed by atoms with Crippen LogP contribution in [0.5, 0.6) is 0 Å². The second-order valence-corrected chi connectivity index (χ2v) is 6.22. The van der Waals surface area contributed by atoms with Gasteiger partial charge in [0.2, 0.25) is 5.91 Å². The first-order chi connectivity index (χ1) is 11.3. The van der Waals surface area contributed by atoms with E-state index in [0.29, 0.717) is 17.0 Å². The summed E-state index contributed by atoms with van der Waals surface area (Å²) in [6.07, 6.45) is 0.570. The van der Waals surface area contributed by atoms with Crippen molar-refractivity contribution in [3.05, 3.63) is 34.9 Å². The number of ether oxygens (including phenoxy) is 1. The van der Waals surface area contributed by atoms with Gasteiger partial charge in [0.15, 0.2) is 0 Å². The minimum absolute atomic E-state index is 0.0743. The number of carbonyl (C=O) groups excluding carboxylic acids is 3. The first-order valence-electron chi connectivity index (χ1n) is 7.74. The number of methoxy groups -OCH3 is 1.